The van der Waals surface area contributed by atoms with E-state index in [1.54, 1.807) is 0 Å². The zero-order chi connectivity index (χ0) is 15.1. The molecular formula is C18H28N2O. The summed E-state index contributed by atoms with van der Waals surface area (Å²) >= 11 is 0. The largest absolute Gasteiger partial charge is 0.381 e. The number of hydrogen-bond donors (Lipinski definition) is 1. The van der Waals surface area contributed by atoms with Crippen molar-refractivity contribution < 1.29 is 4.79 Å². The fraction of sp³-hybridized carbons (Fsp3) is 0.611. The van der Waals surface area contributed by atoms with Crippen molar-refractivity contribution >= 4 is 17.3 Å². The second kappa shape index (κ2) is 8.06. The maximum Gasteiger partial charge on any atom is 0.227 e. The van der Waals surface area contributed by atoms with E-state index in [1.165, 1.54) is 32.1 Å². The molecule has 1 unspecified atom stereocenters. The number of para-hydroxylation sites is 2. The number of rotatable bonds is 8. The number of carbonyl (C=O) groups excluding carboxylic acids is 1. The molecule has 1 atom stereocenters. The fourth-order valence-electron chi connectivity index (χ4n) is 2.95. The summed E-state index contributed by atoms with van der Waals surface area (Å²) in [6.07, 6.45) is 8.03. The van der Waals surface area contributed by atoms with Crippen molar-refractivity contribution in [2.24, 2.45) is 0 Å². The van der Waals surface area contributed by atoms with Crippen LogP contribution in [0.15, 0.2) is 24.3 Å². The molecule has 1 heterocycles. The number of unbranched alkanes of at least 4 members (excludes halogenated alkanes) is 3. The van der Waals surface area contributed by atoms with Crippen LogP contribution in [-0.4, -0.2) is 18.5 Å². The van der Waals surface area contributed by atoms with Gasteiger partial charge in [-0.05, 0) is 31.9 Å². The minimum atomic E-state index is 0.250. The van der Waals surface area contributed by atoms with Gasteiger partial charge in [0.1, 0.15) is 0 Å². The molecule has 3 nitrogen and oxygen atoms in total. The molecule has 2 rings (SSSR count). The number of amides is 1. The summed E-state index contributed by atoms with van der Waals surface area (Å²) in [4.78, 5) is 13.9. The van der Waals surface area contributed by atoms with Crippen LogP contribution in [0.2, 0.25) is 0 Å². The van der Waals surface area contributed by atoms with Gasteiger partial charge < -0.3 is 10.2 Å². The van der Waals surface area contributed by atoms with Gasteiger partial charge in [-0.15, -0.1) is 0 Å². The third-order valence-corrected chi connectivity index (χ3v) is 4.16. The van der Waals surface area contributed by atoms with E-state index in [4.69, 9.17) is 0 Å². The molecule has 0 spiro atoms. The van der Waals surface area contributed by atoms with E-state index in [2.05, 4.69) is 31.3 Å². The molecule has 1 aromatic carbocycles. The van der Waals surface area contributed by atoms with Crippen LogP contribution < -0.4 is 10.2 Å². The highest BCUT2D eigenvalue weighted by atomic mass is 16.2. The van der Waals surface area contributed by atoms with Gasteiger partial charge in [-0.1, -0.05) is 44.7 Å². The van der Waals surface area contributed by atoms with Crippen molar-refractivity contribution in [1.29, 1.82) is 0 Å². The first-order valence-electron chi connectivity index (χ1n) is 8.38. The molecule has 3 heteroatoms. The van der Waals surface area contributed by atoms with Crippen molar-refractivity contribution in [3.8, 4) is 0 Å². The third kappa shape index (κ3) is 4.48. The van der Waals surface area contributed by atoms with Gasteiger partial charge in [0, 0.05) is 19.0 Å². The Labute approximate surface area is 128 Å². The summed E-state index contributed by atoms with van der Waals surface area (Å²) in [5, 5.41) is 3.59. The van der Waals surface area contributed by atoms with E-state index in [9.17, 15) is 4.79 Å². The Morgan fingerprint density at radius 1 is 1.24 bits per heavy atom. The number of benzene rings is 1. The molecule has 1 saturated heterocycles. The molecule has 1 aromatic rings. The quantitative estimate of drug-likeness (QED) is 0.710. The maximum absolute atomic E-state index is 12.0. The van der Waals surface area contributed by atoms with E-state index in [0.29, 0.717) is 12.5 Å². The number of anilines is 2. The van der Waals surface area contributed by atoms with Gasteiger partial charge in [-0.2, -0.15) is 0 Å². The Kier molecular flexibility index (Phi) is 6.09. The Bertz CT molecular complexity index is 458. The van der Waals surface area contributed by atoms with E-state index in [0.717, 1.165) is 24.3 Å². The highest BCUT2D eigenvalue weighted by Crippen LogP contribution is 2.30. The maximum atomic E-state index is 12.0. The average molecular weight is 288 g/mol. The summed E-state index contributed by atoms with van der Waals surface area (Å²) in [6.45, 7) is 5.32. The molecule has 0 aliphatic carbocycles. The predicted octanol–water partition coefficient (Wildman–Crippen LogP) is 4.58. The topological polar surface area (TPSA) is 32.3 Å². The normalized spacial score (nSPS) is 16.3. The molecule has 116 valence electrons. The van der Waals surface area contributed by atoms with Crippen molar-refractivity contribution in [2.75, 3.05) is 16.8 Å². The summed E-state index contributed by atoms with van der Waals surface area (Å²) < 4.78 is 0. The van der Waals surface area contributed by atoms with Crippen LogP contribution in [-0.2, 0) is 4.79 Å². The van der Waals surface area contributed by atoms with Crippen molar-refractivity contribution in [2.45, 2.75) is 64.8 Å². The molecule has 0 bridgehead atoms. The lowest BCUT2D eigenvalue weighted by molar-refractivity contribution is -0.117. The molecule has 0 saturated carbocycles. The van der Waals surface area contributed by atoms with E-state index < -0.39 is 0 Å². The Hall–Kier alpha value is -1.51. The molecule has 1 fully saturated rings. The first-order valence-corrected chi connectivity index (χ1v) is 8.38. The SMILES string of the molecule is CCCCCCC(C)Nc1ccccc1N1CCCC1=O. The lowest BCUT2D eigenvalue weighted by Gasteiger charge is -2.23. The lowest BCUT2D eigenvalue weighted by Crippen LogP contribution is -2.26. The average Bonchev–Trinajstić information content (AvgIpc) is 2.90. The van der Waals surface area contributed by atoms with Crippen LogP contribution in [0.1, 0.15) is 58.8 Å². The van der Waals surface area contributed by atoms with Crippen LogP contribution in [0.25, 0.3) is 0 Å². The van der Waals surface area contributed by atoms with Gasteiger partial charge in [0.25, 0.3) is 0 Å². The number of nitrogens with zero attached hydrogens (tertiary/aromatic N) is 1. The Morgan fingerprint density at radius 3 is 2.76 bits per heavy atom. The smallest absolute Gasteiger partial charge is 0.227 e. The first-order chi connectivity index (χ1) is 10.2. The van der Waals surface area contributed by atoms with Gasteiger partial charge in [0.15, 0.2) is 0 Å². The minimum Gasteiger partial charge on any atom is -0.381 e. The van der Waals surface area contributed by atoms with Gasteiger partial charge in [0.05, 0.1) is 11.4 Å². The predicted molar refractivity (Wildman–Crippen MR) is 89.9 cm³/mol. The molecule has 21 heavy (non-hydrogen) atoms. The van der Waals surface area contributed by atoms with Gasteiger partial charge >= 0.3 is 0 Å². The molecular weight excluding hydrogens is 260 g/mol. The van der Waals surface area contributed by atoms with Crippen LogP contribution in [0.4, 0.5) is 11.4 Å². The molecule has 1 amide bonds. The third-order valence-electron chi connectivity index (χ3n) is 4.16. The van der Waals surface area contributed by atoms with Gasteiger partial charge in [-0.25, -0.2) is 0 Å². The van der Waals surface area contributed by atoms with E-state index in [1.807, 2.05) is 17.0 Å². The minimum absolute atomic E-state index is 0.250. The highest BCUT2D eigenvalue weighted by Gasteiger charge is 2.23. The zero-order valence-electron chi connectivity index (χ0n) is 13.4. The summed E-state index contributed by atoms with van der Waals surface area (Å²) in [5.41, 5.74) is 2.14. The summed E-state index contributed by atoms with van der Waals surface area (Å²) in [5.74, 6) is 0.250. The Morgan fingerprint density at radius 2 is 2.05 bits per heavy atom. The van der Waals surface area contributed by atoms with E-state index >= 15 is 0 Å². The van der Waals surface area contributed by atoms with Gasteiger partial charge in [0.2, 0.25) is 5.91 Å². The fourth-order valence-corrected chi connectivity index (χ4v) is 2.95. The van der Waals surface area contributed by atoms with Crippen molar-refractivity contribution in [1.82, 2.24) is 0 Å². The summed E-state index contributed by atoms with van der Waals surface area (Å²) in [7, 11) is 0. The Balaban J connectivity index is 1.95. The molecule has 1 aliphatic heterocycles. The number of nitrogens with one attached hydrogen (secondary N) is 1. The van der Waals surface area contributed by atoms with Crippen LogP contribution >= 0.6 is 0 Å². The summed E-state index contributed by atoms with van der Waals surface area (Å²) in [6, 6.07) is 8.63. The number of hydrogen-bond acceptors (Lipinski definition) is 2. The van der Waals surface area contributed by atoms with Gasteiger partial charge in [-0.3, -0.25) is 4.79 Å². The first kappa shape index (κ1) is 15.9. The van der Waals surface area contributed by atoms with Crippen LogP contribution in [0, 0.1) is 0 Å². The molecule has 1 aliphatic rings. The van der Waals surface area contributed by atoms with Crippen molar-refractivity contribution in [3.05, 3.63) is 24.3 Å². The molecule has 0 aromatic heterocycles. The lowest BCUT2D eigenvalue weighted by atomic mass is 10.1. The highest BCUT2D eigenvalue weighted by molar-refractivity contribution is 5.98. The van der Waals surface area contributed by atoms with Crippen molar-refractivity contribution in [3.63, 3.8) is 0 Å². The zero-order valence-corrected chi connectivity index (χ0v) is 13.4. The van der Waals surface area contributed by atoms with Crippen LogP contribution in [0.5, 0.6) is 0 Å². The second-order valence-corrected chi connectivity index (χ2v) is 6.06. The van der Waals surface area contributed by atoms with Crippen LogP contribution in [0.3, 0.4) is 0 Å². The second-order valence-electron chi connectivity index (χ2n) is 6.06. The molecule has 0 radical (unpaired) electrons. The monoisotopic (exact) mass is 288 g/mol. The standard InChI is InChI=1S/C18H28N2O/c1-3-4-5-6-10-15(2)19-16-11-7-8-12-17(16)20-14-9-13-18(20)21/h7-8,11-12,15,19H,3-6,9-10,13-14H2,1-2H3. The van der Waals surface area contributed by atoms with E-state index in [-0.39, 0.29) is 5.91 Å². The molecule has 1 N–H and O–H groups in total. The number of carbonyl (C=O) groups is 1.